The minimum atomic E-state index is -1.56. The van der Waals surface area contributed by atoms with E-state index in [1.54, 1.807) is 6.08 Å². The number of hydrogen-bond donors (Lipinski definition) is 6. The average molecular weight is 1020 g/mol. The number of aliphatic hydroxyl groups is 5. The van der Waals surface area contributed by atoms with E-state index in [0.29, 0.717) is 6.42 Å². The Balaban J connectivity index is 2.08. The van der Waals surface area contributed by atoms with E-state index >= 15 is 0 Å². The molecular formula is C63H119NO8. The van der Waals surface area contributed by atoms with Crippen LogP contribution in [0.5, 0.6) is 0 Å². The Hall–Kier alpha value is -1.59. The van der Waals surface area contributed by atoms with Crippen LogP contribution >= 0.6 is 0 Å². The molecule has 0 saturated carbocycles. The largest absolute Gasteiger partial charge is 0.394 e. The van der Waals surface area contributed by atoms with E-state index in [0.717, 1.165) is 44.9 Å². The Morgan fingerprint density at radius 3 is 1.19 bits per heavy atom. The first kappa shape index (κ1) is 68.4. The van der Waals surface area contributed by atoms with Crippen molar-refractivity contribution in [1.82, 2.24) is 5.32 Å². The Morgan fingerprint density at radius 2 is 0.819 bits per heavy atom. The van der Waals surface area contributed by atoms with Crippen LogP contribution in [0.4, 0.5) is 0 Å². The number of carbonyl (C=O) groups is 1. The molecule has 0 aliphatic carbocycles. The van der Waals surface area contributed by atoms with Gasteiger partial charge in [0.05, 0.1) is 25.4 Å². The number of nitrogens with one attached hydrogen (secondary N) is 1. The first-order chi connectivity index (χ1) is 35.3. The summed E-state index contributed by atoms with van der Waals surface area (Å²) in [5, 5.41) is 54.5. The van der Waals surface area contributed by atoms with Crippen LogP contribution in [0, 0.1) is 0 Å². The topological polar surface area (TPSA) is 149 Å². The van der Waals surface area contributed by atoms with E-state index in [9.17, 15) is 30.3 Å². The summed E-state index contributed by atoms with van der Waals surface area (Å²) in [5.41, 5.74) is 0. The third kappa shape index (κ3) is 41.6. The second-order valence-corrected chi connectivity index (χ2v) is 21.9. The van der Waals surface area contributed by atoms with Gasteiger partial charge in [-0.15, -0.1) is 0 Å². The zero-order valence-electron chi connectivity index (χ0n) is 47.2. The average Bonchev–Trinajstić information content (AvgIpc) is 3.38. The number of unbranched alkanes of at least 4 members (excludes halogenated alkanes) is 40. The maximum atomic E-state index is 13.1. The molecule has 0 spiro atoms. The predicted molar refractivity (Wildman–Crippen MR) is 304 cm³/mol. The first-order valence-corrected chi connectivity index (χ1v) is 31.2. The molecule has 0 aromatic rings. The quantitative estimate of drug-likeness (QED) is 0.0261. The predicted octanol–water partition coefficient (Wildman–Crippen LogP) is 15.9. The summed E-state index contributed by atoms with van der Waals surface area (Å²) in [5.74, 6) is -0.172. The van der Waals surface area contributed by atoms with E-state index in [-0.39, 0.29) is 12.5 Å². The van der Waals surface area contributed by atoms with Crippen LogP contribution in [0.15, 0.2) is 36.5 Å². The van der Waals surface area contributed by atoms with Crippen molar-refractivity contribution >= 4 is 5.91 Å². The summed E-state index contributed by atoms with van der Waals surface area (Å²) in [6, 6.07) is -0.802. The zero-order chi connectivity index (χ0) is 52.2. The van der Waals surface area contributed by atoms with Gasteiger partial charge in [-0.2, -0.15) is 0 Å². The molecule has 1 amide bonds. The first-order valence-electron chi connectivity index (χ1n) is 31.2. The van der Waals surface area contributed by atoms with Crippen molar-refractivity contribution in [2.24, 2.45) is 0 Å². The van der Waals surface area contributed by atoms with Crippen LogP contribution in [0.3, 0.4) is 0 Å². The molecular weight excluding hydrogens is 899 g/mol. The van der Waals surface area contributed by atoms with Crippen LogP contribution in [-0.2, 0) is 14.3 Å². The van der Waals surface area contributed by atoms with Gasteiger partial charge in [-0.25, -0.2) is 0 Å². The van der Waals surface area contributed by atoms with Gasteiger partial charge in [0.1, 0.15) is 24.4 Å². The normalized spacial score (nSPS) is 19.3. The van der Waals surface area contributed by atoms with Crippen LogP contribution < -0.4 is 5.32 Å². The summed E-state index contributed by atoms with van der Waals surface area (Å²) in [7, 11) is 0. The number of hydrogen-bond acceptors (Lipinski definition) is 8. The summed E-state index contributed by atoms with van der Waals surface area (Å²) >= 11 is 0. The number of rotatable bonds is 54. The van der Waals surface area contributed by atoms with Crippen molar-refractivity contribution in [2.75, 3.05) is 13.2 Å². The molecule has 72 heavy (non-hydrogen) atoms. The van der Waals surface area contributed by atoms with Gasteiger partial charge >= 0.3 is 0 Å². The van der Waals surface area contributed by atoms with Gasteiger partial charge in [0.2, 0.25) is 5.91 Å². The summed E-state index contributed by atoms with van der Waals surface area (Å²) in [6.07, 6.45) is 62.4. The maximum absolute atomic E-state index is 13.1. The molecule has 9 nitrogen and oxygen atoms in total. The number of amides is 1. The van der Waals surface area contributed by atoms with Crippen LogP contribution in [0.2, 0.25) is 0 Å². The molecule has 0 bridgehead atoms. The highest BCUT2D eigenvalue weighted by molar-refractivity contribution is 5.76. The maximum Gasteiger partial charge on any atom is 0.220 e. The smallest absolute Gasteiger partial charge is 0.220 e. The lowest BCUT2D eigenvalue weighted by Gasteiger charge is -2.40. The minimum absolute atomic E-state index is 0.172. The molecule has 1 fully saturated rings. The van der Waals surface area contributed by atoms with Crippen LogP contribution in [0.1, 0.15) is 303 Å². The highest BCUT2D eigenvalue weighted by Gasteiger charge is 2.44. The molecule has 1 aliphatic heterocycles. The fourth-order valence-corrected chi connectivity index (χ4v) is 10.0. The summed E-state index contributed by atoms with van der Waals surface area (Å²) < 4.78 is 11.3. The van der Waals surface area contributed by atoms with Crippen molar-refractivity contribution in [2.45, 2.75) is 346 Å². The molecule has 1 heterocycles. The lowest BCUT2D eigenvalue weighted by molar-refractivity contribution is -0.302. The Morgan fingerprint density at radius 1 is 0.472 bits per heavy atom. The summed E-state index contributed by atoms with van der Waals surface area (Å²) in [6.45, 7) is 3.79. The zero-order valence-corrected chi connectivity index (χ0v) is 47.2. The number of carbonyl (C=O) groups excluding carboxylic acids is 1. The van der Waals surface area contributed by atoms with Crippen LogP contribution in [-0.4, -0.2) is 87.5 Å². The van der Waals surface area contributed by atoms with E-state index < -0.39 is 49.5 Å². The lowest BCUT2D eigenvalue weighted by atomic mass is 9.99. The van der Waals surface area contributed by atoms with Gasteiger partial charge in [-0.3, -0.25) is 4.79 Å². The molecule has 0 aromatic heterocycles. The minimum Gasteiger partial charge on any atom is -0.394 e. The van der Waals surface area contributed by atoms with Crippen LogP contribution in [0.25, 0.3) is 0 Å². The second kappa shape index (κ2) is 52.8. The SMILES string of the molecule is CCCCCCC/C=C\C/C=C\CCCCCCCCCCCCCCCCCCCCCCCCCC(=O)NC(COC1OC(CO)C(O)C(O)C1O)C(O)/C=C/CCCCCCCCCCCCCC. The molecule has 7 unspecified atom stereocenters. The molecule has 0 aromatic carbocycles. The highest BCUT2D eigenvalue weighted by atomic mass is 16.7. The van der Waals surface area contributed by atoms with Gasteiger partial charge in [-0.05, 0) is 51.4 Å². The van der Waals surface area contributed by atoms with Crippen molar-refractivity contribution < 1.29 is 39.8 Å². The Kier molecular flexibility index (Phi) is 50.2. The third-order valence-electron chi connectivity index (χ3n) is 15.0. The van der Waals surface area contributed by atoms with E-state index in [1.807, 2.05) is 6.08 Å². The molecule has 424 valence electrons. The standard InChI is InChI=1S/C63H119NO8/c1-3-5-7-9-11-13-15-17-19-20-21-22-23-24-25-26-27-28-29-30-31-32-33-34-35-36-37-38-39-41-43-45-47-49-51-53-59(67)64-56(55-71-63-62(70)61(69)60(68)58(54-65)72-63)57(66)52-50-48-46-44-42-40-18-16-14-12-10-8-6-4-2/h15,17,20-21,50,52,56-58,60-63,65-66,68-70H,3-14,16,18-19,22-49,51,53-55H2,1-2H3,(H,64,67)/b17-15-,21-20-,52-50+. The molecule has 7 atom stereocenters. The van der Waals surface area contributed by atoms with Gasteiger partial charge < -0.3 is 40.3 Å². The molecule has 1 saturated heterocycles. The van der Waals surface area contributed by atoms with Crippen molar-refractivity contribution in [3.05, 3.63) is 36.5 Å². The molecule has 6 N–H and O–H groups in total. The van der Waals surface area contributed by atoms with Crippen molar-refractivity contribution in [1.29, 1.82) is 0 Å². The second-order valence-electron chi connectivity index (χ2n) is 21.9. The highest BCUT2D eigenvalue weighted by Crippen LogP contribution is 2.23. The van der Waals surface area contributed by atoms with Gasteiger partial charge in [0.15, 0.2) is 6.29 Å². The fourth-order valence-electron chi connectivity index (χ4n) is 10.0. The monoisotopic (exact) mass is 1020 g/mol. The van der Waals surface area contributed by atoms with Gasteiger partial charge in [-0.1, -0.05) is 281 Å². The van der Waals surface area contributed by atoms with E-state index in [2.05, 4.69) is 43.5 Å². The molecule has 0 radical (unpaired) electrons. The van der Waals surface area contributed by atoms with Gasteiger partial charge in [0, 0.05) is 6.42 Å². The molecule has 1 aliphatic rings. The number of ether oxygens (including phenoxy) is 2. The van der Waals surface area contributed by atoms with E-state index in [4.69, 9.17) is 9.47 Å². The fraction of sp³-hybridized carbons (Fsp3) is 0.889. The van der Waals surface area contributed by atoms with Crippen molar-refractivity contribution in [3.8, 4) is 0 Å². The number of allylic oxidation sites excluding steroid dienone is 5. The number of aliphatic hydroxyl groups excluding tert-OH is 5. The van der Waals surface area contributed by atoms with E-state index in [1.165, 1.54) is 238 Å². The third-order valence-corrected chi connectivity index (χ3v) is 15.0. The lowest BCUT2D eigenvalue weighted by Crippen LogP contribution is -2.60. The Labute approximate surface area is 444 Å². The Bertz CT molecular complexity index is 1230. The molecule has 9 heteroatoms. The molecule has 1 rings (SSSR count). The van der Waals surface area contributed by atoms with Gasteiger partial charge in [0.25, 0.3) is 0 Å². The van der Waals surface area contributed by atoms with Crippen molar-refractivity contribution in [3.63, 3.8) is 0 Å². The summed E-state index contributed by atoms with van der Waals surface area (Å²) in [4.78, 5) is 13.1.